The minimum absolute atomic E-state index is 0.0656. The Kier molecular flexibility index (Phi) is 9.82. The molecule has 0 aliphatic rings. The molecule has 1 aromatic rings. The first-order chi connectivity index (χ1) is 13.9. The van der Waals surface area contributed by atoms with Crippen LogP contribution in [0.15, 0.2) is 30.3 Å². The zero-order chi connectivity index (χ0) is 22.9. The summed E-state index contributed by atoms with van der Waals surface area (Å²) in [6.07, 6.45) is 0.561. The Balaban J connectivity index is 2.86. The third-order valence-electron chi connectivity index (χ3n) is 4.83. The molecule has 0 saturated heterocycles. The quantitative estimate of drug-likeness (QED) is 0.544. The van der Waals surface area contributed by atoms with Crippen molar-refractivity contribution >= 4 is 12.1 Å². The second-order valence-electron chi connectivity index (χ2n) is 9.26. The third kappa shape index (κ3) is 9.16. The molecule has 0 fully saturated rings. The van der Waals surface area contributed by atoms with E-state index in [4.69, 9.17) is 14.2 Å². The molecule has 1 rings (SSSR count). The van der Waals surface area contributed by atoms with Gasteiger partial charge in [-0.1, -0.05) is 37.3 Å². The predicted octanol–water partition coefficient (Wildman–Crippen LogP) is 4.90. The summed E-state index contributed by atoms with van der Waals surface area (Å²) in [7, 11) is 0. The number of hydrogen-bond donors (Lipinski definition) is 1. The molecule has 0 saturated carbocycles. The molecule has 0 spiro atoms. The molecule has 0 heterocycles. The van der Waals surface area contributed by atoms with Crippen molar-refractivity contribution in [2.45, 2.75) is 91.6 Å². The first-order valence-corrected chi connectivity index (χ1v) is 10.7. The minimum atomic E-state index is -0.820. The van der Waals surface area contributed by atoms with Crippen LogP contribution >= 0.6 is 0 Å². The number of carbonyl (C=O) groups is 2. The molecule has 0 aliphatic heterocycles. The van der Waals surface area contributed by atoms with Crippen LogP contribution < -0.4 is 5.32 Å². The molecule has 0 aromatic heterocycles. The van der Waals surface area contributed by atoms with Gasteiger partial charge in [-0.15, -0.1) is 0 Å². The smallest absolute Gasteiger partial charge is 0.408 e. The molecular formula is C24H39NO5. The number of esters is 1. The maximum Gasteiger partial charge on any atom is 0.408 e. The number of rotatable bonds is 10. The Morgan fingerprint density at radius 3 is 2.17 bits per heavy atom. The van der Waals surface area contributed by atoms with Crippen LogP contribution in [0.5, 0.6) is 0 Å². The SMILES string of the molecule is CCCOC(C)(C)C(Cc1ccccc1)C(C)OC(=O)[C@H](C)NC(=O)OC(C)(C)C. The molecule has 0 radical (unpaired) electrons. The Bertz CT molecular complexity index is 666. The Hall–Kier alpha value is -2.08. The molecule has 30 heavy (non-hydrogen) atoms. The molecule has 6 nitrogen and oxygen atoms in total. The number of benzene rings is 1. The second kappa shape index (κ2) is 11.3. The molecule has 0 bridgehead atoms. The van der Waals surface area contributed by atoms with Gasteiger partial charge in [0.15, 0.2) is 0 Å². The van der Waals surface area contributed by atoms with Gasteiger partial charge in [0.1, 0.15) is 17.7 Å². The maximum atomic E-state index is 12.6. The van der Waals surface area contributed by atoms with Gasteiger partial charge in [0.25, 0.3) is 0 Å². The predicted molar refractivity (Wildman–Crippen MR) is 118 cm³/mol. The lowest BCUT2D eigenvalue weighted by Gasteiger charge is -2.38. The van der Waals surface area contributed by atoms with E-state index in [1.807, 2.05) is 39.0 Å². The van der Waals surface area contributed by atoms with E-state index in [0.29, 0.717) is 13.0 Å². The first-order valence-electron chi connectivity index (χ1n) is 10.7. The largest absolute Gasteiger partial charge is 0.461 e. The van der Waals surface area contributed by atoms with Gasteiger partial charge in [-0.3, -0.25) is 0 Å². The number of alkyl carbamates (subject to hydrolysis) is 1. The van der Waals surface area contributed by atoms with Crippen LogP contribution in [-0.2, 0) is 25.4 Å². The van der Waals surface area contributed by atoms with Gasteiger partial charge in [-0.05, 0) is 66.9 Å². The molecule has 1 amide bonds. The van der Waals surface area contributed by atoms with Crippen molar-refractivity contribution in [1.29, 1.82) is 0 Å². The van der Waals surface area contributed by atoms with E-state index in [1.54, 1.807) is 27.7 Å². The highest BCUT2D eigenvalue weighted by molar-refractivity contribution is 5.81. The fourth-order valence-electron chi connectivity index (χ4n) is 3.23. The Morgan fingerprint density at radius 1 is 1.03 bits per heavy atom. The summed E-state index contributed by atoms with van der Waals surface area (Å²) in [6, 6.07) is 9.27. The van der Waals surface area contributed by atoms with Crippen LogP contribution in [-0.4, -0.2) is 42.0 Å². The molecule has 170 valence electrons. The van der Waals surface area contributed by atoms with Crippen LogP contribution in [0.3, 0.4) is 0 Å². The summed E-state index contributed by atoms with van der Waals surface area (Å²) in [6.45, 7) is 15.5. The van der Waals surface area contributed by atoms with Crippen molar-refractivity contribution in [3.05, 3.63) is 35.9 Å². The molecule has 3 atom stereocenters. The number of hydrogen-bond acceptors (Lipinski definition) is 5. The topological polar surface area (TPSA) is 73.9 Å². The van der Waals surface area contributed by atoms with Crippen molar-refractivity contribution in [1.82, 2.24) is 5.32 Å². The monoisotopic (exact) mass is 421 g/mol. The fourth-order valence-corrected chi connectivity index (χ4v) is 3.23. The highest BCUT2D eigenvalue weighted by Gasteiger charge is 2.37. The van der Waals surface area contributed by atoms with Gasteiger partial charge < -0.3 is 19.5 Å². The van der Waals surface area contributed by atoms with Crippen molar-refractivity contribution in [3.63, 3.8) is 0 Å². The standard InChI is InChI=1S/C24H39NO5/c1-9-15-28-24(7,8)20(16-19-13-11-10-12-14-19)18(3)29-21(26)17(2)25-22(27)30-23(4,5)6/h10-14,17-18,20H,9,15-16H2,1-8H3,(H,25,27)/t17-,18?,20?/m0/s1. The fraction of sp³-hybridized carbons (Fsp3) is 0.667. The van der Waals surface area contributed by atoms with Crippen molar-refractivity contribution in [2.75, 3.05) is 6.61 Å². The van der Waals surface area contributed by atoms with Crippen LogP contribution in [0.25, 0.3) is 0 Å². The maximum absolute atomic E-state index is 12.6. The van der Waals surface area contributed by atoms with Crippen LogP contribution in [0.1, 0.15) is 67.4 Å². The summed E-state index contributed by atoms with van der Waals surface area (Å²) in [4.78, 5) is 24.6. The molecule has 1 N–H and O–H groups in total. The lowest BCUT2D eigenvalue weighted by molar-refractivity contribution is -0.161. The van der Waals surface area contributed by atoms with Crippen molar-refractivity contribution in [3.8, 4) is 0 Å². The lowest BCUT2D eigenvalue weighted by atomic mass is 9.81. The van der Waals surface area contributed by atoms with E-state index in [9.17, 15) is 9.59 Å². The van der Waals surface area contributed by atoms with Crippen molar-refractivity contribution in [2.24, 2.45) is 5.92 Å². The van der Waals surface area contributed by atoms with Crippen molar-refractivity contribution < 1.29 is 23.8 Å². The average molecular weight is 422 g/mol. The summed E-state index contributed by atoms with van der Waals surface area (Å²) in [5.41, 5.74) is 0.0222. The highest BCUT2D eigenvalue weighted by atomic mass is 16.6. The molecule has 1 aromatic carbocycles. The normalized spacial score (nSPS) is 15.1. The zero-order valence-corrected chi connectivity index (χ0v) is 19.8. The number of carbonyl (C=O) groups excluding carboxylic acids is 2. The van der Waals surface area contributed by atoms with Gasteiger partial charge in [0.2, 0.25) is 0 Å². The van der Waals surface area contributed by atoms with Crippen LogP contribution in [0, 0.1) is 5.92 Å². The number of ether oxygens (including phenoxy) is 3. The lowest BCUT2D eigenvalue weighted by Crippen LogP contribution is -2.47. The third-order valence-corrected chi connectivity index (χ3v) is 4.83. The Morgan fingerprint density at radius 2 is 1.63 bits per heavy atom. The molecule has 6 heteroatoms. The summed E-state index contributed by atoms with van der Waals surface area (Å²) >= 11 is 0. The minimum Gasteiger partial charge on any atom is -0.461 e. The van der Waals surface area contributed by atoms with E-state index < -0.39 is 35.4 Å². The van der Waals surface area contributed by atoms with Gasteiger partial charge >= 0.3 is 12.1 Å². The highest BCUT2D eigenvalue weighted by Crippen LogP contribution is 2.30. The molecule has 0 aliphatic carbocycles. The van der Waals surface area contributed by atoms with E-state index in [1.165, 1.54) is 0 Å². The van der Waals surface area contributed by atoms with E-state index in [2.05, 4.69) is 24.4 Å². The van der Waals surface area contributed by atoms with Crippen LogP contribution in [0.2, 0.25) is 0 Å². The van der Waals surface area contributed by atoms with Gasteiger partial charge in [0, 0.05) is 12.5 Å². The first kappa shape index (κ1) is 26.0. The number of amides is 1. The van der Waals surface area contributed by atoms with Gasteiger partial charge in [-0.2, -0.15) is 0 Å². The molecule has 2 unspecified atom stereocenters. The molecular weight excluding hydrogens is 382 g/mol. The summed E-state index contributed by atoms with van der Waals surface area (Å²) < 4.78 is 17.1. The van der Waals surface area contributed by atoms with E-state index >= 15 is 0 Å². The summed E-state index contributed by atoms with van der Waals surface area (Å²) in [5.74, 6) is -0.568. The zero-order valence-electron chi connectivity index (χ0n) is 19.8. The van der Waals surface area contributed by atoms with Gasteiger partial charge in [-0.25, -0.2) is 9.59 Å². The van der Waals surface area contributed by atoms with Gasteiger partial charge in [0.05, 0.1) is 5.60 Å². The average Bonchev–Trinajstić information content (AvgIpc) is 2.63. The summed E-state index contributed by atoms with van der Waals surface area (Å²) in [5, 5.41) is 2.54. The van der Waals surface area contributed by atoms with E-state index in [0.717, 1.165) is 12.0 Å². The Labute approximate surface area is 181 Å². The van der Waals surface area contributed by atoms with E-state index in [-0.39, 0.29) is 5.92 Å². The number of nitrogens with one attached hydrogen (secondary N) is 1. The second-order valence-corrected chi connectivity index (χ2v) is 9.26. The van der Waals surface area contributed by atoms with Crippen LogP contribution in [0.4, 0.5) is 4.79 Å².